The summed E-state index contributed by atoms with van der Waals surface area (Å²) in [5.74, 6) is 1.07. The monoisotopic (exact) mass is 550 g/mol. The minimum absolute atomic E-state index is 0.00689. The molecule has 5 aromatic rings. The van der Waals surface area contributed by atoms with Gasteiger partial charge in [0, 0.05) is 42.0 Å². The van der Waals surface area contributed by atoms with Gasteiger partial charge in [-0.1, -0.05) is 6.58 Å². The van der Waals surface area contributed by atoms with Crippen LogP contribution in [0.15, 0.2) is 67.9 Å². The van der Waals surface area contributed by atoms with Crippen LogP contribution in [0.2, 0.25) is 0 Å². The van der Waals surface area contributed by atoms with Crippen molar-refractivity contribution in [3.8, 4) is 11.5 Å². The average Bonchev–Trinajstić information content (AvgIpc) is 3.56. The number of halogens is 1. The molecule has 0 radical (unpaired) electrons. The molecule has 2 atom stereocenters. The molecule has 1 aromatic carbocycles. The summed E-state index contributed by atoms with van der Waals surface area (Å²) in [6, 6.07) is 10.8. The maximum Gasteiger partial charge on any atom is 0.246 e. The molecule has 0 saturated carbocycles. The fourth-order valence-electron chi connectivity index (χ4n) is 6.14. The van der Waals surface area contributed by atoms with Crippen LogP contribution in [-0.2, 0) is 4.79 Å². The van der Waals surface area contributed by atoms with Gasteiger partial charge in [-0.25, -0.2) is 28.8 Å². The number of benzene rings is 1. The van der Waals surface area contributed by atoms with Crippen LogP contribution in [0.5, 0.6) is 11.5 Å². The topological polar surface area (TPSA) is 110 Å². The molecule has 6 heterocycles. The molecule has 2 aliphatic heterocycles. The van der Waals surface area contributed by atoms with Crippen LogP contribution < -0.4 is 10.1 Å². The molecule has 0 spiro atoms. The minimum atomic E-state index is -0.493. The van der Waals surface area contributed by atoms with Gasteiger partial charge in [-0.15, -0.1) is 0 Å². The molecule has 2 unspecified atom stereocenters. The molecular weight excluding hydrogens is 523 g/mol. The number of hydrogen-bond donors (Lipinski definition) is 1. The highest BCUT2D eigenvalue weighted by Gasteiger charge is 2.43. The third-order valence-electron chi connectivity index (χ3n) is 8.08. The van der Waals surface area contributed by atoms with Crippen molar-refractivity contribution in [1.29, 1.82) is 0 Å². The number of amides is 1. The van der Waals surface area contributed by atoms with Crippen molar-refractivity contribution >= 4 is 34.1 Å². The van der Waals surface area contributed by atoms with Gasteiger partial charge in [-0.05, 0) is 68.5 Å². The quantitative estimate of drug-likeness (QED) is 0.277. The maximum absolute atomic E-state index is 15.3. The molecule has 1 amide bonds. The number of piperidine rings is 1. The molecule has 2 saturated heterocycles. The van der Waals surface area contributed by atoms with Crippen molar-refractivity contribution in [1.82, 2.24) is 34.4 Å². The van der Waals surface area contributed by atoms with Crippen molar-refractivity contribution < 1.29 is 13.9 Å². The SMILES string of the molecule is C=CC(=O)N1C2CCC1CC(c1ccc3ncnc(Nc4cc(C)c(Oc5ccn6ncnc6c5)cc4F)c3n1)C2. The lowest BCUT2D eigenvalue weighted by Crippen LogP contribution is -2.45. The van der Waals surface area contributed by atoms with Crippen molar-refractivity contribution in [3.63, 3.8) is 0 Å². The van der Waals surface area contributed by atoms with Crippen molar-refractivity contribution in [2.24, 2.45) is 0 Å². The molecule has 1 N–H and O–H groups in total. The molecule has 11 heteroatoms. The second-order valence-corrected chi connectivity index (χ2v) is 10.6. The first kappa shape index (κ1) is 25.1. The number of ether oxygens (including phenoxy) is 1. The minimum Gasteiger partial charge on any atom is -0.457 e. The van der Waals surface area contributed by atoms with E-state index in [1.807, 2.05) is 24.0 Å². The molecule has 2 bridgehead atoms. The summed E-state index contributed by atoms with van der Waals surface area (Å²) < 4.78 is 22.9. The van der Waals surface area contributed by atoms with E-state index in [0.29, 0.717) is 34.0 Å². The van der Waals surface area contributed by atoms with E-state index in [1.165, 1.54) is 24.8 Å². The van der Waals surface area contributed by atoms with Gasteiger partial charge < -0.3 is 15.0 Å². The van der Waals surface area contributed by atoms with E-state index in [9.17, 15) is 4.79 Å². The summed E-state index contributed by atoms with van der Waals surface area (Å²) >= 11 is 0. The molecule has 0 aliphatic carbocycles. The molecule has 10 nitrogen and oxygen atoms in total. The van der Waals surface area contributed by atoms with Gasteiger partial charge in [-0.3, -0.25) is 4.79 Å². The number of carbonyl (C=O) groups excluding carboxylic acids is 1. The smallest absolute Gasteiger partial charge is 0.246 e. The number of carbonyl (C=O) groups is 1. The summed E-state index contributed by atoms with van der Waals surface area (Å²) in [6.45, 7) is 5.52. The van der Waals surface area contributed by atoms with Crippen LogP contribution in [0.1, 0.15) is 42.9 Å². The van der Waals surface area contributed by atoms with Crippen LogP contribution in [0.3, 0.4) is 0 Å². The lowest BCUT2D eigenvalue weighted by Gasteiger charge is -2.38. The van der Waals surface area contributed by atoms with Gasteiger partial charge in [0.05, 0.1) is 11.2 Å². The first-order valence-electron chi connectivity index (χ1n) is 13.6. The zero-order valence-electron chi connectivity index (χ0n) is 22.4. The molecule has 41 heavy (non-hydrogen) atoms. The van der Waals surface area contributed by atoms with Gasteiger partial charge in [0.2, 0.25) is 5.91 Å². The van der Waals surface area contributed by atoms with Crippen molar-refractivity contribution in [3.05, 3.63) is 85.0 Å². The number of aromatic nitrogens is 6. The Hall–Kier alpha value is -4.93. The zero-order valence-corrected chi connectivity index (χ0v) is 22.4. The second-order valence-electron chi connectivity index (χ2n) is 10.6. The van der Waals surface area contributed by atoms with E-state index in [2.05, 4.69) is 31.9 Å². The van der Waals surface area contributed by atoms with E-state index < -0.39 is 5.82 Å². The number of nitrogens with one attached hydrogen (secondary N) is 1. The van der Waals surface area contributed by atoms with Gasteiger partial charge in [0.1, 0.15) is 35.5 Å². The Bertz CT molecular complexity index is 1810. The fourth-order valence-corrected chi connectivity index (χ4v) is 6.14. The van der Waals surface area contributed by atoms with E-state index >= 15 is 4.39 Å². The predicted molar refractivity (Wildman–Crippen MR) is 151 cm³/mol. The van der Waals surface area contributed by atoms with Crippen molar-refractivity contribution in [2.75, 3.05) is 5.32 Å². The number of fused-ring (bicyclic) bond motifs is 4. The van der Waals surface area contributed by atoms with Crippen LogP contribution in [0.4, 0.5) is 15.9 Å². The Kier molecular flexibility index (Phi) is 6.06. The highest BCUT2D eigenvalue weighted by atomic mass is 19.1. The number of anilines is 2. The van der Waals surface area contributed by atoms with Crippen molar-refractivity contribution in [2.45, 2.75) is 50.6 Å². The molecule has 7 rings (SSSR count). The van der Waals surface area contributed by atoms with Gasteiger partial charge in [0.15, 0.2) is 11.5 Å². The molecule has 2 fully saturated rings. The van der Waals surface area contributed by atoms with Gasteiger partial charge in [-0.2, -0.15) is 5.10 Å². The molecular formula is C30H27FN8O2. The lowest BCUT2D eigenvalue weighted by molar-refractivity contribution is -0.130. The van der Waals surface area contributed by atoms with Gasteiger partial charge >= 0.3 is 0 Å². The second kappa shape index (κ2) is 9.92. The highest BCUT2D eigenvalue weighted by molar-refractivity contribution is 5.88. The third kappa shape index (κ3) is 4.52. The first-order valence-corrected chi connectivity index (χ1v) is 13.6. The number of rotatable bonds is 6. The Morgan fingerprint density at radius 1 is 1.10 bits per heavy atom. The molecule has 4 aromatic heterocycles. The predicted octanol–water partition coefficient (Wildman–Crippen LogP) is 5.47. The van der Waals surface area contributed by atoms with Crippen LogP contribution in [0.25, 0.3) is 16.7 Å². The molecule has 2 aliphatic rings. The number of pyridine rings is 2. The Labute approximate surface area is 234 Å². The standard InChI is InChI=1S/C30H27FN8O2/c1-3-28(40)39-19-4-5-20(39)12-18(11-19)23-6-7-24-29(36-23)30(34-15-32-24)37-25-10-17(2)26(14-22(25)31)41-21-8-9-38-27(13-21)33-16-35-38/h3,6-10,13-16,18-20H,1,4-5,11-12H2,2H3,(H,32,34,37). The van der Waals surface area contributed by atoms with E-state index in [0.717, 1.165) is 36.9 Å². The van der Waals surface area contributed by atoms with Crippen LogP contribution >= 0.6 is 0 Å². The van der Waals surface area contributed by atoms with E-state index in [1.54, 1.807) is 28.9 Å². The van der Waals surface area contributed by atoms with Gasteiger partial charge in [0.25, 0.3) is 0 Å². The number of nitrogens with zero attached hydrogens (tertiary/aromatic N) is 7. The molecule has 206 valence electrons. The van der Waals surface area contributed by atoms with E-state index in [4.69, 9.17) is 9.72 Å². The number of aryl methyl sites for hydroxylation is 1. The normalized spacial score (nSPS) is 20.0. The lowest BCUT2D eigenvalue weighted by atomic mass is 9.87. The Morgan fingerprint density at radius 3 is 2.73 bits per heavy atom. The fraction of sp³-hybridized carbons (Fsp3) is 0.267. The summed E-state index contributed by atoms with van der Waals surface area (Å²) in [7, 11) is 0. The summed E-state index contributed by atoms with van der Waals surface area (Å²) in [6.07, 6.45) is 9.74. The Morgan fingerprint density at radius 2 is 1.93 bits per heavy atom. The first-order chi connectivity index (χ1) is 20.0. The largest absolute Gasteiger partial charge is 0.457 e. The highest BCUT2D eigenvalue weighted by Crippen LogP contribution is 2.43. The Balaban J connectivity index is 1.15. The summed E-state index contributed by atoms with van der Waals surface area (Å²) in [4.78, 5) is 32.3. The van der Waals surface area contributed by atoms with E-state index in [-0.39, 0.29) is 29.6 Å². The van der Waals surface area contributed by atoms with Crippen LogP contribution in [0, 0.1) is 12.7 Å². The third-order valence-corrected chi connectivity index (χ3v) is 8.08. The maximum atomic E-state index is 15.3. The summed E-state index contributed by atoms with van der Waals surface area (Å²) in [5.41, 5.74) is 3.78. The van der Waals surface area contributed by atoms with Crippen LogP contribution in [-0.4, -0.2) is 52.4 Å². The average molecular weight is 551 g/mol. The zero-order chi connectivity index (χ0) is 28.1. The summed E-state index contributed by atoms with van der Waals surface area (Å²) in [5, 5.41) is 7.20. The number of hydrogen-bond acceptors (Lipinski definition) is 8.